The molecule has 0 amide bonds. The van der Waals surface area contributed by atoms with E-state index in [1.165, 1.54) is 7.11 Å². The van der Waals surface area contributed by atoms with Crippen LogP contribution in [0.25, 0.3) is 0 Å². The van der Waals surface area contributed by atoms with Crippen LogP contribution in [0.4, 0.5) is 0 Å². The average Bonchev–Trinajstić information content (AvgIpc) is 2.48. The lowest BCUT2D eigenvalue weighted by molar-refractivity contribution is -0.141. The molecule has 1 aromatic heterocycles. The predicted molar refractivity (Wildman–Crippen MR) is 46.6 cm³/mol. The van der Waals surface area contributed by atoms with E-state index < -0.39 is 0 Å². The van der Waals surface area contributed by atoms with Crippen LogP contribution in [-0.2, 0) is 16.1 Å². The fourth-order valence-electron chi connectivity index (χ4n) is 1.10. The highest BCUT2D eigenvalue weighted by Gasteiger charge is 2.08. The minimum absolute atomic E-state index is 0.0867. The van der Waals surface area contributed by atoms with Gasteiger partial charge in [-0.2, -0.15) is 0 Å². The molecule has 4 heteroatoms. The summed E-state index contributed by atoms with van der Waals surface area (Å²) in [5.41, 5.74) is 1.36. The smallest absolute Gasteiger partial charge is 0.325 e. The second kappa shape index (κ2) is 3.89. The summed E-state index contributed by atoms with van der Waals surface area (Å²) in [5, 5.41) is 0. The van der Waals surface area contributed by atoms with Gasteiger partial charge in [-0.3, -0.25) is 9.59 Å². The van der Waals surface area contributed by atoms with Crippen LogP contribution >= 0.6 is 0 Å². The Bertz CT molecular complexity index is 328. The third kappa shape index (κ3) is 1.96. The largest absolute Gasteiger partial charge is 0.468 e. The van der Waals surface area contributed by atoms with Gasteiger partial charge in [-0.05, 0) is 19.1 Å². The van der Waals surface area contributed by atoms with Crippen LogP contribution in [0.5, 0.6) is 0 Å². The molecule has 0 aliphatic carbocycles. The maximum atomic E-state index is 10.9. The predicted octanol–water partition coefficient (Wildman–Crippen LogP) is 0.782. The first-order valence-corrected chi connectivity index (χ1v) is 3.87. The van der Waals surface area contributed by atoms with Crippen LogP contribution in [0.15, 0.2) is 12.1 Å². The molecule has 1 heterocycles. The minimum atomic E-state index is -0.359. The normalized spacial score (nSPS) is 9.69. The number of carbonyl (C=O) groups is 2. The summed E-state index contributed by atoms with van der Waals surface area (Å²) in [6, 6.07) is 3.46. The maximum absolute atomic E-state index is 10.9. The zero-order chi connectivity index (χ0) is 9.84. The number of aromatic nitrogens is 1. The molecule has 0 radical (unpaired) electrons. The monoisotopic (exact) mass is 181 g/mol. The Labute approximate surface area is 76.1 Å². The van der Waals surface area contributed by atoms with Gasteiger partial charge in [-0.15, -0.1) is 0 Å². The molecule has 0 spiro atoms. The van der Waals surface area contributed by atoms with Gasteiger partial charge < -0.3 is 9.30 Å². The van der Waals surface area contributed by atoms with Crippen LogP contribution in [-0.4, -0.2) is 23.9 Å². The third-order valence-electron chi connectivity index (χ3n) is 1.87. The quantitative estimate of drug-likeness (QED) is 0.511. The Morgan fingerprint density at radius 3 is 2.85 bits per heavy atom. The van der Waals surface area contributed by atoms with Crippen molar-refractivity contribution in [2.45, 2.75) is 13.5 Å². The summed E-state index contributed by atoms with van der Waals surface area (Å²) in [7, 11) is 1.32. The molecule has 0 saturated heterocycles. The Morgan fingerprint density at radius 1 is 1.62 bits per heavy atom. The Hall–Kier alpha value is -1.58. The van der Waals surface area contributed by atoms with Gasteiger partial charge in [0.05, 0.1) is 12.8 Å². The number of nitrogens with zero attached hydrogens (tertiary/aromatic N) is 1. The number of hydrogen-bond donors (Lipinski definition) is 0. The maximum Gasteiger partial charge on any atom is 0.325 e. The fourth-order valence-corrected chi connectivity index (χ4v) is 1.10. The van der Waals surface area contributed by atoms with Crippen molar-refractivity contribution in [2.24, 2.45) is 0 Å². The summed E-state index contributed by atoms with van der Waals surface area (Å²) in [5.74, 6) is -0.359. The van der Waals surface area contributed by atoms with E-state index in [9.17, 15) is 9.59 Å². The van der Waals surface area contributed by atoms with Crippen molar-refractivity contribution in [1.82, 2.24) is 4.57 Å². The van der Waals surface area contributed by atoms with Crippen molar-refractivity contribution in [2.75, 3.05) is 7.11 Å². The molecule has 0 aliphatic rings. The topological polar surface area (TPSA) is 48.3 Å². The summed E-state index contributed by atoms with van der Waals surface area (Å²) >= 11 is 0. The van der Waals surface area contributed by atoms with Crippen LogP contribution in [0.3, 0.4) is 0 Å². The Kier molecular flexibility index (Phi) is 2.84. The molecule has 70 valence electrons. The van der Waals surface area contributed by atoms with E-state index in [-0.39, 0.29) is 12.5 Å². The van der Waals surface area contributed by atoms with Gasteiger partial charge in [0, 0.05) is 5.69 Å². The highest BCUT2D eigenvalue weighted by Crippen LogP contribution is 2.06. The van der Waals surface area contributed by atoms with E-state index in [4.69, 9.17) is 0 Å². The fraction of sp³-hybridized carbons (Fsp3) is 0.333. The number of carbonyl (C=O) groups excluding carboxylic acids is 2. The molecule has 1 rings (SSSR count). The van der Waals surface area contributed by atoms with Gasteiger partial charge in [-0.1, -0.05) is 0 Å². The van der Waals surface area contributed by atoms with Crippen LogP contribution in [0.1, 0.15) is 16.2 Å². The molecular weight excluding hydrogens is 170 g/mol. The zero-order valence-electron chi connectivity index (χ0n) is 7.61. The number of hydrogen-bond acceptors (Lipinski definition) is 3. The summed E-state index contributed by atoms with van der Waals surface area (Å²) in [6.07, 6.45) is 0.718. The second-order valence-corrected chi connectivity index (χ2v) is 2.68. The number of ether oxygens (including phenoxy) is 1. The van der Waals surface area contributed by atoms with Gasteiger partial charge in [0.1, 0.15) is 6.54 Å². The van der Waals surface area contributed by atoms with Crippen molar-refractivity contribution in [3.05, 3.63) is 23.5 Å². The van der Waals surface area contributed by atoms with E-state index in [0.717, 1.165) is 12.0 Å². The molecule has 0 saturated carbocycles. The second-order valence-electron chi connectivity index (χ2n) is 2.68. The van der Waals surface area contributed by atoms with Crippen molar-refractivity contribution in [1.29, 1.82) is 0 Å². The van der Waals surface area contributed by atoms with Gasteiger partial charge >= 0.3 is 5.97 Å². The number of aldehydes is 1. The van der Waals surface area contributed by atoms with Gasteiger partial charge in [0.2, 0.25) is 0 Å². The molecule has 4 nitrogen and oxygen atoms in total. The van der Waals surface area contributed by atoms with E-state index >= 15 is 0 Å². The molecule has 0 aromatic carbocycles. The highest BCUT2D eigenvalue weighted by molar-refractivity contribution is 5.75. The number of esters is 1. The first kappa shape index (κ1) is 9.51. The molecule has 0 N–H and O–H groups in total. The Morgan fingerprint density at radius 2 is 2.31 bits per heavy atom. The summed E-state index contributed by atoms with van der Waals surface area (Å²) in [6.45, 7) is 1.92. The standard InChI is InChI=1S/C9H11NO3/c1-7-3-4-8(6-11)10(7)5-9(12)13-2/h3-4,6H,5H2,1-2H3. The molecule has 13 heavy (non-hydrogen) atoms. The average molecular weight is 181 g/mol. The first-order valence-electron chi connectivity index (χ1n) is 3.87. The van der Waals surface area contributed by atoms with E-state index in [0.29, 0.717) is 5.69 Å². The first-order chi connectivity index (χ1) is 6.19. The van der Waals surface area contributed by atoms with E-state index in [1.807, 2.05) is 6.92 Å². The number of rotatable bonds is 3. The molecule has 0 atom stereocenters. The molecule has 0 unspecified atom stereocenters. The third-order valence-corrected chi connectivity index (χ3v) is 1.87. The van der Waals surface area contributed by atoms with Crippen molar-refractivity contribution in [3.63, 3.8) is 0 Å². The lowest BCUT2D eigenvalue weighted by atomic mass is 10.4. The summed E-state index contributed by atoms with van der Waals surface area (Å²) < 4.78 is 6.11. The lowest BCUT2D eigenvalue weighted by Crippen LogP contribution is -2.14. The molecule has 0 fully saturated rings. The summed E-state index contributed by atoms with van der Waals surface area (Å²) in [4.78, 5) is 21.5. The van der Waals surface area contributed by atoms with E-state index in [1.54, 1.807) is 16.7 Å². The molecular formula is C9H11NO3. The van der Waals surface area contributed by atoms with Crippen molar-refractivity contribution in [3.8, 4) is 0 Å². The van der Waals surface area contributed by atoms with Gasteiger partial charge in [0.25, 0.3) is 0 Å². The number of aryl methyl sites for hydroxylation is 1. The molecule has 0 bridgehead atoms. The van der Waals surface area contributed by atoms with Crippen molar-refractivity contribution < 1.29 is 14.3 Å². The number of methoxy groups -OCH3 is 1. The highest BCUT2D eigenvalue weighted by atomic mass is 16.5. The van der Waals surface area contributed by atoms with Gasteiger partial charge in [-0.25, -0.2) is 0 Å². The minimum Gasteiger partial charge on any atom is -0.468 e. The van der Waals surface area contributed by atoms with E-state index in [2.05, 4.69) is 4.74 Å². The molecule has 0 aliphatic heterocycles. The zero-order valence-corrected chi connectivity index (χ0v) is 7.61. The van der Waals surface area contributed by atoms with Crippen molar-refractivity contribution >= 4 is 12.3 Å². The van der Waals surface area contributed by atoms with Crippen LogP contribution < -0.4 is 0 Å². The SMILES string of the molecule is COC(=O)Cn1c(C)ccc1C=O. The van der Waals surface area contributed by atoms with Gasteiger partial charge in [0.15, 0.2) is 6.29 Å². The van der Waals surface area contributed by atoms with Crippen LogP contribution in [0.2, 0.25) is 0 Å². The lowest BCUT2D eigenvalue weighted by Gasteiger charge is -2.05. The van der Waals surface area contributed by atoms with Crippen LogP contribution in [0, 0.1) is 6.92 Å². The Balaban J connectivity index is 2.91. The molecule has 1 aromatic rings.